The number of hydrogen-bond donors (Lipinski definition) is 0. The molecule has 2 aliphatic rings. The summed E-state index contributed by atoms with van der Waals surface area (Å²) in [4.78, 5) is 14.0. The van der Waals surface area contributed by atoms with Crippen LogP contribution in [0.1, 0.15) is 35.2 Å². The number of aryl methyl sites for hydroxylation is 1. The van der Waals surface area contributed by atoms with Crippen molar-refractivity contribution in [3.8, 4) is 11.3 Å². The molecular formula is C25H25ClF2N4. The largest absolute Gasteiger partial charge is 0.351 e. The van der Waals surface area contributed by atoms with E-state index >= 15 is 0 Å². The minimum absolute atomic E-state index is 0.157. The molecule has 0 saturated carbocycles. The molecule has 2 aliphatic heterocycles. The van der Waals surface area contributed by atoms with Gasteiger partial charge in [-0.2, -0.15) is 0 Å². The van der Waals surface area contributed by atoms with E-state index in [9.17, 15) is 8.78 Å². The van der Waals surface area contributed by atoms with Crippen LogP contribution in [-0.4, -0.2) is 35.0 Å². The highest BCUT2D eigenvalue weighted by molar-refractivity contribution is 6.31. The van der Waals surface area contributed by atoms with Gasteiger partial charge in [0, 0.05) is 37.3 Å². The van der Waals surface area contributed by atoms with Gasteiger partial charge in [0.15, 0.2) is 5.82 Å². The lowest BCUT2D eigenvalue weighted by molar-refractivity contribution is 0.313. The van der Waals surface area contributed by atoms with E-state index in [4.69, 9.17) is 21.6 Å². The highest BCUT2D eigenvalue weighted by atomic mass is 35.5. The first-order chi connectivity index (χ1) is 15.5. The van der Waals surface area contributed by atoms with E-state index in [1.54, 1.807) is 0 Å². The monoisotopic (exact) mass is 454 g/mol. The van der Waals surface area contributed by atoms with Gasteiger partial charge in [0.25, 0.3) is 0 Å². The van der Waals surface area contributed by atoms with E-state index in [2.05, 4.69) is 30.1 Å². The predicted octanol–water partition coefficient (Wildman–Crippen LogP) is 5.41. The summed E-state index contributed by atoms with van der Waals surface area (Å²) in [6, 6.07) is 8.67. The van der Waals surface area contributed by atoms with Crippen molar-refractivity contribution in [3.05, 3.63) is 75.6 Å². The summed E-state index contributed by atoms with van der Waals surface area (Å²) in [7, 11) is 2.14. The zero-order valence-corrected chi connectivity index (χ0v) is 18.8. The molecule has 32 heavy (non-hydrogen) atoms. The van der Waals surface area contributed by atoms with Crippen LogP contribution in [0.25, 0.3) is 11.3 Å². The number of likely N-dealkylation sites (N-methyl/N-ethyl adjacent to an activating group) is 1. The molecule has 0 unspecified atom stereocenters. The third kappa shape index (κ3) is 4.09. The summed E-state index contributed by atoms with van der Waals surface area (Å²) in [5.41, 5.74) is 5.57. The Kier molecular flexibility index (Phi) is 5.82. The topological polar surface area (TPSA) is 32.3 Å². The summed E-state index contributed by atoms with van der Waals surface area (Å²) < 4.78 is 28.5. The maximum absolute atomic E-state index is 14.5. The van der Waals surface area contributed by atoms with Crippen LogP contribution in [0.4, 0.5) is 14.6 Å². The lowest BCUT2D eigenvalue weighted by atomic mass is 9.96. The number of anilines is 1. The minimum Gasteiger partial charge on any atom is -0.351 e. The molecule has 4 nitrogen and oxygen atoms in total. The maximum atomic E-state index is 14.5. The molecule has 0 amide bonds. The van der Waals surface area contributed by atoms with Crippen LogP contribution in [0, 0.1) is 11.6 Å². The molecule has 1 aromatic heterocycles. The summed E-state index contributed by atoms with van der Waals surface area (Å²) >= 11 is 6.11. The third-order valence-electron chi connectivity index (χ3n) is 6.41. The lowest BCUT2D eigenvalue weighted by Gasteiger charge is -2.26. The Hall–Kier alpha value is -2.57. The van der Waals surface area contributed by atoms with E-state index in [1.165, 1.54) is 11.1 Å². The fraction of sp³-hybridized carbons (Fsp3) is 0.360. The predicted molar refractivity (Wildman–Crippen MR) is 123 cm³/mol. The van der Waals surface area contributed by atoms with Crippen LogP contribution >= 0.6 is 11.6 Å². The zero-order chi connectivity index (χ0) is 22.2. The van der Waals surface area contributed by atoms with Crippen molar-refractivity contribution in [1.29, 1.82) is 0 Å². The molecule has 0 N–H and O–H groups in total. The smallest absolute Gasteiger partial charge is 0.151 e. The summed E-state index contributed by atoms with van der Waals surface area (Å²) in [5.74, 6) is -0.388. The van der Waals surface area contributed by atoms with Crippen LogP contribution < -0.4 is 4.90 Å². The van der Waals surface area contributed by atoms with Gasteiger partial charge in [0.05, 0.1) is 22.6 Å². The van der Waals surface area contributed by atoms with E-state index in [-0.39, 0.29) is 17.1 Å². The SMILES string of the molecule is CN1CCc2cc(-c3cnc4c(n3)N(Cc3c(F)ccc(F)c3Cl)CCCC4)ccc2C1. The van der Waals surface area contributed by atoms with Crippen molar-refractivity contribution in [2.75, 3.05) is 25.0 Å². The number of hydrogen-bond acceptors (Lipinski definition) is 4. The molecule has 0 fully saturated rings. The molecule has 0 spiro atoms. The summed E-state index contributed by atoms with van der Waals surface area (Å²) in [6.07, 6.45) is 5.56. The molecular weight excluding hydrogens is 430 g/mol. The van der Waals surface area contributed by atoms with E-state index in [0.29, 0.717) is 6.54 Å². The Balaban J connectivity index is 1.51. The molecule has 0 bridgehead atoms. The van der Waals surface area contributed by atoms with Crippen molar-refractivity contribution in [3.63, 3.8) is 0 Å². The van der Waals surface area contributed by atoms with E-state index < -0.39 is 11.6 Å². The van der Waals surface area contributed by atoms with Crippen LogP contribution in [-0.2, 0) is 25.9 Å². The minimum atomic E-state index is -0.613. The van der Waals surface area contributed by atoms with Crippen LogP contribution in [0.3, 0.4) is 0 Å². The number of aromatic nitrogens is 2. The van der Waals surface area contributed by atoms with Gasteiger partial charge in [0.2, 0.25) is 0 Å². The Morgan fingerprint density at radius 3 is 2.72 bits per heavy atom. The number of benzene rings is 2. The first-order valence-corrected chi connectivity index (χ1v) is 11.4. The molecule has 5 rings (SSSR count). The van der Waals surface area contributed by atoms with Crippen LogP contribution in [0.15, 0.2) is 36.5 Å². The van der Waals surface area contributed by atoms with Gasteiger partial charge in [-0.3, -0.25) is 4.98 Å². The third-order valence-corrected chi connectivity index (χ3v) is 6.82. The van der Waals surface area contributed by atoms with Gasteiger partial charge in [-0.15, -0.1) is 0 Å². The van der Waals surface area contributed by atoms with Crippen molar-refractivity contribution in [1.82, 2.24) is 14.9 Å². The Morgan fingerprint density at radius 2 is 1.84 bits per heavy atom. The second-order valence-corrected chi connectivity index (χ2v) is 9.08. The highest BCUT2D eigenvalue weighted by Crippen LogP contribution is 2.32. The molecule has 166 valence electrons. The van der Waals surface area contributed by atoms with Crippen LogP contribution in [0.2, 0.25) is 5.02 Å². The van der Waals surface area contributed by atoms with Crippen LogP contribution in [0.5, 0.6) is 0 Å². The molecule has 3 heterocycles. The lowest BCUT2D eigenvalue weighted by Crippen LogP contribution is -2.26. The first kappa shape index (κ1) is 21.3. The van der Waals surface area contributed by atoms with Gasteiger partial charge in [-0.25, -0.2) is 13.8 Å². The average Bonchev–Trinajstić information content (AvgIpc) is 3.00. The second-order valence-electron chi connectivity index (χ2n) is 8.70. The molecule has 7 heteroatoms. The standard InChI is InChI=1S/C25H25ClF2N4/c1-31-11-9-16-12-17(5-6-18(16)14-31)23-13-29-22-4-2-3-10-32(25(22)30-23)15-19-20(27)7-8-21(28)24(19)26/h5-8,12-13H,2-4,9-11,14-15H2,1H3. The molecule has 0 saturated heterocycles. The van der Waals surface area contributed by atoms with Gasteiger partial charge < -0.3 is 9.80 Å². The Morgan fingerprint density at radius 1 is 1.00 bits per heavy atom. The number of nitrogens with zero attached hydrogens (tertiary/aromatic N) is 4. The maximum Gasteiger partial charge on any atom is 0.151 e. The molecule has 0 aliphatic carbocycles. The zero-order valence-electron chi connectivity index (χ0n) is 18.0. The van der Waals surface area contributed by atoms with Crippen molar-refractivity contribution >= 4 is 17.4 Å². The number of rotatable bonds is 3. The molecule has 0 atom stereocenters. The molecule has 2 aromatic carbocycles. The summed E-state index contributed by atoms with van der Waals surface area (Å²) in [5, 5.41) is -0.167. The number of halogens is 3. The molecule has 3 aromatic rings. The average molecular weight is 455 g/mol. The fourth-order valence-corrected chi connectivity index (χ4v) is 4.80. The van der Waals surface area contributed by atoms with Gasteiger partial charge in [-0.1, -0.05) is 23.7 Å². The van der Waals surface area contributed by atoms with E-state index in [0.717, 1.165) is 73.7 Å². The molecule has 0 radical (unpaired) electrons. The summed E-state index contributed by atoms with van der Waals surface area (Å²) in [6.45, 7) is 2.84. The van der Waals surface area contributed by atoms with Crippen molar-refractivity contribution in [2.24, 2.45) is 0 Å². The fourth-order valence-electron chi connectivity index (χ4n) is 4.59. The Labute approximate surface area is 191 Å². The quantitative estimate of drug-likeness (QED) is 0.495. The van der Waals surface area contributed by atoms with Gasteiger partial charge in [0.1, 0.15) is 11.6 Å². The highest BCUT2D eigenvalue weighted by Gasteiger charge is 2.23. The normalized spacial score (nSPS) is 16.4. The Bertz CT molecular complexity index is 1170. The van der Waals surface area contributed by atoms with Crippen molar-refractivity contribution < 1.29 is 8.78 Å². The van der Waals surface area contributed by atoms with Gasteiger partial charge in [-0.05, 0) is 62.1 Å². The van der Waals surface area contributed by atoms with Crippen molar-refractivity contribution in [2.45, 2.75) is 38.8 Å². The number of fused-ring (bicyclic) bond motifs is 2. The first-order valence-electron chi connectivity index (χ1n) is 11.0. The van der Waals surface area contributed by atoms with Gasteiger partial charge >= 0.3 is 0 Å². The second kappa shape index (κ2) is 8.75. The van der Waals surface area contributed by atoms with E-state index in [1.807, 2.05) is 11.1 Å².